The minimum atomic E-state index is -0.813. The molecule has 3 rings (SSSR count). The summed E-state index contributed by atoms with van der Waals surface area (Å²) in [5.41, 5.74) is 6.94. The summed E-state index contributed by atoms with van der Waals surface area (Å²) in [5, 5.41) is 12.0. The SMILES string of the molecule is Cc1cc(C(N)=O)ccc1NC(=O)Cc1ccc(Cl)c(Oc2cc(Cl)cc(C#N)c2)c1F. The summed E-state index contributed by atoms with van der Waals surface area (Å²) in [7, 11) is 0. The molecule has 0 aromatic heterocycles. The highest BCUT2D eigenvalue weighted by molar-refractivity contribution is 6.32. The topological polar surface area (TPSA) is 105 Å². The predicted molar refractivity (Wildman–Crippen MR) is 120 cm³/mol. The maximum atomic E-state index is 15.1. The number of carbonyl (C=O) groups is 2. The van der Waals surface area contributed by atoms with Gasteiger partial charge >= 0.3 is 0 Å². The minimum Gasteiger partial charge on any atom is -0.453 e. The Morgan fingerprint density at radius 3 is 2.56 bits per heavy atom. The molecular weight excluding hydrogens is 456 g/mol. The Morgan fingerprint density at radius 2 is 1.91 bits per heavy atom. The Kier molecular flexibility index (Phi) is 6.98. The van der Waals surface area contributed by atoms with Crippen molar-refractivity contribution in [2.45, 2.75) is 13.3 Å². The maximum Gasteiger partial charge on any atom is 0.248 e. The molecule has 0 atom stereocenters. The van der Waals surface area contributed by atoms with Crippen molar-refractivity contribution in [3.8, 4) is 17.6 Å². The fourth-order valence-electron chi connectivity index (χ4n) is 2.93. The normalized spacial score (nSPS) is 10.3. The van der Waals surface area contributed by atoms with E-state index in [1.807, 2.05) is 6.07 Å². The van der Waals surface area contributed by atoms with Crippen LogP contribution in [0.1, 0.15) is 27.0 Å². The Labute approximate surface area is 193 Å². The molecule has 9 heteroatoms. The lowest BCUT2D eigenvalue weighted by Crippen LogP contribution is -2.17. The van der Waals surface area contributed by atoms with Gasteiger partial charge in [-0.1, -0.05) is 29.3 Å². The third-order valence-corrected chi connectivity index (χ3v) is 5.00. The molecule has 6 nitrogen and oxygen atoms in total. The van der Waals surface area contributed by atoms with Crippen LogP contribution in [0.4, 0.5) is 10.1 Å². The molecule has 3 aromatic carbocycles. The molecule has 0 unspecified atom stereocenters. The quantitative estimate of drug-likeness (QED) is 0.502. The molecule has 0 spiro atoms. The van der Waals surface area contributed by atoms with Crippen molar-refractivity contribution in [1.29, 1.82) is 5.26 Å². The number of nitriles is 1. The lowest BCUT2D eigenvalue weighted by Gasteiger charge is -2.13. The number of nitrogens with zero attached hydrogens (tertiary/aromatic N) is 1. The Morgan fingerprint density at radius 1 is 1.16 bits per heavy atom. The minimum absolute atomic E-state index is 0.0111. The third kappa shape index (κ3) is 5.35. The number of anilines is 1. The molecule has 0 radical (unpaired) electrons. The van der Waals surface area contributed by atoms with Gasteiger partial charge < -0.3 is 15.8 Å². The van der Waals surface area contributed by atoms with Crippen LogP contribution in [-0.2, 0) is 11.2 Å². The van der Waals surface area contributed by atoms with E-state index >= 15 is 4.39 Å². The summed E-state index contributed by atoms with van der Waals surface area (Å²) in [6.45, 7) is 1.71. The van der Waals surface area contributed by atoms with Crippen LogP contribution < -0.4 is 15.8 Å². The van der Waals surface area contributed by atoms with Gasteiger partial charge in [0.15, 0.2) is 11.6 Å². The molecule has 162 valence electrons. The van der Waals surface area contributed by atoms with E-state index in [0.717, 1.165) is 0 Å². The number of hydrogen-bond acceptors (Lipinski definition) is 4. The van der Waals surface area contributed by atoms with Gasteiger partial charge in [-0.05, 0) is 55.0 Å². The van der Waals surface area contributed by atoms with Crippen molar-refractivity contribution in [2.24, 2.45) is 5.73 Å². The van der Waals surface area contributed by atoms with E-state index in [4.69, 9.17) is 38.9 Å². The third-order valence-electron chi connectivity index (χ3n) is 4.49. The van der Waals surface area contributed by atoms with E-state index in [1.165, 1.54) is 36.4 Å². The lowest BCUT2D eigenvalue weighted by molar-refractivity contribution is -0.115. The van der Waals surface area contributed by atoms with Crippen molar-refractivity contribution in [1.82, 2.24) is 0 Å². The zero-order chi connectivity index (χ0) is 23.4. The van der Waals surface area contributed by atoms with Crippen molar-refractivity contribution in [2.75, 3.05) is 5.32 Å². The first kappa shape index (κ1) is 23.1. The van der Waals surface area contributed by atoms with Gasteiger partial charge in [0.2, 0.25) is 11.8 Å². The molecule has 0 heterocycles. The second kappa shape index (κ2) is 9.69. The number of halogens is 3. The van der Waals surface area contributed by atoms with Crippen molar-refractivity contribution < 1.29 is 18.7 Å². The molecule has 3 aromatic rings. The first-order chi connectivity index (χ1) is 15.2. The van der Waals surface area contributed by atoms with Crippen LogP contribution in [0, 0.1) is 24.1 Å². The number of carbonyl (C=O) groups excluding carboxylic acids is 2. The zero-order valence-electron chi connectivity index (χ0n) is 16.7. The van der Waals surface area contributed by atoms with Gasteiger partial charge in [0.25, 0.3) is 0 Å². The molecule has 0 aliphatic rings. The van der Waals surface area contributed by atoms with Gasteiger partial charge in [0.05, 0.1) is 23.1 Å². The second-order valence-electron chi connectivity index (χ2n) is 6.86. The largest absolute Gasteiger partial charge is 0.453 e. The average molecular weight is 472 g/mol. The fourth-order valence-corrected chi connectivity index (χ4v) is 3.34. The smallest absolute Gasteiger partial charge is 0.248 e. The van der Waals surface area contributed by atoms with E-state index < -0.39 is 17.6 Å². The molecule has 32 heavy (non-hydrogen) atoms. The number of amides is 2. The van der Waals surface area contributed by atoms with Crippen molar-refractivity contribution in [3.05, 3.63) is 86.6 Å². The average Bonchev–Trinajstić information content (AvgIpc) is 2.74. The summed E-state index contributed by atoms with van der Waals surface area (Å²) >= 11 is 12.0. The number of rotatable bonds is 6. The van der Waals surface area contributed by atoms with Crippen LogP contribution in [0.5, 0.6) is 11.5 Å². The van der Waals surface area contributed by atoms with E-state index in [-0.39, 0.29) is 39.1 Å². The monoisotopic (exact) mass is 471 g/mol. The maximum absolute atomic E-state index is 15.1. The van der Waals surface area contributed by atoms with Gasteiger partial charge in [-0.3, -0.25) is 9.59 Å². The summed E-state index contributed by atoms with van der Waals surface area (Å²) < 4.78 is 20.6. The van der Waals surface area contributed by atoms with Crippen LogP contribution in [0.25, 0.3) is 0 Å². The molecule has 2 amide bonds. The second-order valence-corrected chi connectivity index (χ2v) is 7.70. The molecular formula is C23H16Cl2FN3O3. The van der Waals surface area contributed by atoms with Crippen LogP contribution in [0.3, 0.4) is 0 Å². The summed E-state index contributed by atoms with van der Waals surface area (Å²) in [4.78, 5) is 23.7. The first-order valence-corrected chi connectivity index (χ1v) is 9.99. The molecule has 0 saturated heterocycles. The van der Waals surface area contributed by atoms with Crippen molar-refractivity contribution in [3.63, 3.8) is 0 Å². The summed E-state index contributed by atoms with van der Waals surface area (Å²) in [6.07, 6.45) is -0.296. The Bertz CT molecular complexity index is 1270. The van der Waals surface area contributed by atoms with Crippen LogP contribution >= 0.6 is 23.2 Å². The number of ether oxygens (including phenoxy) is 1. The number of aryl methyl sites for hydroxylation is 1. The number of nitrogens with two attached hydrogens (primary N) is 1. The van der Waals surface area contributed by atoms with Crippen LogP contribution in [0.2, 0.25) is 10.0 Å². The fraction of sp³-hybridized carbons (Fsp3) is 0.0870. The van der Waals surface area contributed by atoms with Crippen LogP contribution in [0.15, 0.2) is 48.5 Å². The van der Waals surface area contributed by atoms with Crippen LogP contribution in [-0.4, -0.2) is 11.8 Å². The van der Waals surface area contributed by atoms with Gasteiger partial charge in [-0.15, -0.1) is 0 Å². The number of primary amides is 1. The van der Waals surface area contributed by atoms with E-state index in [0.29, 0.717) is 16.8 Å². The lowest BCUT2D eigenvalue weighted by atomic mass is 10.1. The highest BCUT2D eigenvalue weighted by atomic mass is 35.5. The Hall–Kier alpha value is -3.60. The zero-order valence-corrected chi connectivity index (χ0v) is 18.2. The molecule has 0 aliphatic carbocycles. The standard InChI is InChI=1S/C23H16Cl2FN3O3/c1-12-6-15(23(28)31)3-5-19(12)29-20(30)9-14-2-4-18(25)22(21(14)26)32-17-8-13(11-27)7-16(24)10-17/h2-8,10H,9H2,1H3,(H2,28,31)(H,29,30). The predicted octanol–water partition coefficient (Wildman–Crippen LogP) is 5.39. The van der Waals surface area contributed by atoms with Crippen molar-refractivity contribution >= 4 is 40.7 Å². The molecule has 3 N–H and O–H groups in total. The first-order valence-electron chi connectivity index (χ1n) is 9.23. The van der Waals surface area contributed by atoms with E-state index in [9.17, 15) is 9.59 Å². The highest BCUT2D eigenvalue weighted by Gasteiger charge is 2.18. The highest BCUT2D eigenvalue weighted by Crippen LogP contribution is 2.35. The molecule has 0 bridgehead atoms. The number of benzene rings is 3. The molecule has 0 saturated carbocycles. The summed E-state index contributed by atoms with van der Waals surface area (Å²) in [6, 6.07) is 13.5. The summed E-state index contributed by atoms with van der Waals surface area (Å²) in [5.74, 6) is -2.04. The van der Waals surface area contributed by atoms with E-state index in [2.05, 4.69) is 5.32 Å². The number of hydrogen-bond donors (Lipinski definition) is 2. The number of nitrogens with one attached hydrogen (secondary N) is 1. The van der Waals surface area contributed by atoms with Gasteiger partial charge in [0, 0.05) is 21.8 Å². The molecule has 0 fully saturated rings. The molecule has 0 aliphatic heterocycles. The Balaban J connectivity index is 1.81. The van der Waals surface area contributed by atoms with Gasteiger partial charge in [-0.25, -0.2) is 4.39 Å². The van der Waals surface area contributed by atoms with Gasteiger partial charge in [-0.2, -0.15) is 5.26 Å². The van der Waals surface area contributed by atoms with E-state index in [1.54, 1.807) is 19.1 Å². The van der Waals surface area contributed by atoms with Gasteiger partial charge in [0.1, 0.15) is 5.75 Å².